The molecule has 0 aliphatic rings. The van der Waals surface area contributed by atoms with Crippen molar-refractivity contribution in [3.63, 3.8) is 0 Å². The van der Waals surface area contributed by atoms with Crippen LogP contribution in [0.3, 0.4) is 0 Å². The fourth-order valence-electron chi connectivity index (χ4n) is 2.17. The molecule has 2 nitrogen and oxygen atoms in total. The molecule has 0 bridgehead atoms. The van der Waals surface area contributed by atoms with Gasteiger partial charge in [0, 0.05) is 27.0 Å². The summed E-state index contributed by atoms with van der Waals surface area (Å²) in [5.41, 5.74) is 3.65. The largest absolute Gasteiger partial charge is 0.497 e. The number of fused-ring (bicyclic) bond motifs is 1. The van der Waals surface area contributed by atoms with E-state index in [1.165, 1.54) is 21.5 Å². The molecule has 3 aromatic rings. The molecule has 1 N–H and O–H groups in total. The van der Waals surface area contributed by atoms with Gasteiger partial charge in [0.2, 0.25) is 0 Å². The number of hydrogen-bond acceptors (Lipinski definition) is 2. The molecule has 0 atom stereocenters. The van der Waals surface area contributed by atoms with Crippen molar-refractivity contribution in [3.05, 3.63) is 41.4 Å². The van der Waals surface area contributed by atoms with Crippen LogP contribution in [-0.2, 0) is 0 Å². The third-order valence-corrected chi connectivity index (χ3v) is 3.85. The van der Waals surface area contributed by atoms with Crippen molar-refractivity contribution < 1.29 is 4.74 Å². The Hall–Kier alpha value is -1.74. The molecule has 0 spiro atoms. The molecular weight excluding hydrogens is 230 g/mol. The van der Waals surface area contributed by atoms with E-state index in [4.69, 9.17) is 4.74 Å². The molecule has 0 saturated heterocycles. The van der Waals surface area contributed by atoms with Crippen molar-refractivity contribution in [1.82, 2.24) is 4.98 Å². The molecule has 0 unspecified atom stereocenters. The molecule has 0 aliphatic carbocycles. The topological polar surface area (TPSA) is 25.0 Å². The van der Waals surface area contributed by atoms with Gasteiger partial charge in [0.05, 0.1) is 7.11 Å². The maximum absolute atomic E-state index is 5.29. The fraction of sp³-hybridized carbons (Fsp3) is 0.143. The van der Waals surface area contributed by atoms with Crippen LogP contribution in [0.15, 0.2) is 35.7 Å². The molecule has 0 amide bonds. The van der Waals surface area contributed by atoms with Crippen LogP contribution in [0.4, 0.5) is 0 Å². The summed E-state index contributed by atoms with van der Waals surface area (Å²) >= 11 is 1.76. The van der Waals surface area contributed by atoms with Gasteiger partial charge in [-0.15, -0.1) is 11.3 Å². The second kappa shape index (κ2) is 3.93. The highest BCUT2D eigenvalue weighted by Crippen LogP contribution is 2.36. The van der Waals surface area contributed by atoms with Crippen LogP contribution < -0.4 is 4.74 Å². The smallest absolute Gasteiger partial charge is 0.119 e. The summed E-state index contributed by atoms with van der Waals surface area (Å²) in [6.07, 6.45) is 0. The van der Waals surface area contributed by atoms with E-state index in [9.17, 15) is 0 Å². The summed E-state index contributed by atoms with van der Waals surface area (Å²) in [4.78, 5) is 4.71. The molecule has 0 radical (unpaired) electrons. The van der Waals surface area contributed by atoms with Gasteiger partial charge in [-0.2, -0.15) is 0 Å². The number of aromatic amines is 1. The third-order valence-electron chi connectivity index (χ3n) is 2.96. The number of ether oxygens (including phenoxy) is 1. The first-order chi connectivity index (χ1) is 8.29. The van der Waals surface area contributed by atoms with E-state index in [2.05, 4.69) is 41.6 Å². The monoisotopic (exact) mass is 243 g/mol. The molecule has 3 rings (SSSR count). The molecule has 2 heterocycles. The zero-order valence-corrected chi connectivity index (χ0v) is 10.6. The van der Waals surface area contributed by atoms with Crippen molar-refractivity contribution in [2.24, 2.45) is 0 Å². The van der Waals surface area contributed by atoms with E-state index < -0.39 is 0 Å². The van der Waals surface area contributed by atoms with Gasteiger partial charge in [-0.1, -0.05) is 6.07 Å². The molecule has 0 saturated carbocycles. The van der Waals surface area contributed by atoms with Gasteiger partial charge < -0.3 is 9.72 Å². The number of H-pyrrole nitrogens is 1. The highest BCUT2D eigenvalue weighted by atomic mass is 32.1. The molecule has 17 heavy (non-hydrogen) atoms. The van der Waals surface area contributed by atoms with Crippen LogP contribution in [0.1, 0.15) is 5.69 Å². The van der Waals surface area contributed by atoms with E-state index in [0.717, 1.165) is 11.3 Å². The van der Waals surface area contributed by atoms with Crippen molar-refractivity contribution in [1.29, 1.82) is 0 Å². The lowest BCUT2D eigenvalue weighted by atomic mass is 10.1. The number of thiophene rings is 1. The summed E-state index contributed by atoms with van der Waals surface area (Å²) in [7, 11) is 1.70. The molecule has 2 aromatic heterocycles. The van der Waals surface area contributed by atoms with E-state index in [1.54, 1.807) is 18.4 Å². The first-order valence-corrected chi connectivity index (χ1v) is 6.38. The Kier molecular flexibility index (Phi) is 2.41. The lowest BCUT2D eigenvalue weighted by Crippen LogP contribution is -1.81. The van der Waals surface area contributed by atoms with E-state index in [1.807, 2.05) is 6.07 Å². The molecule has 0 aliphatic heterocycles. The lowest BCUT2D eigenvalue weighted by Gasteiger charge is -2.01. The Balaban J connectivity index is 2.32. The second-order valence-corrected chi connectivity index (χ2v) is 4.96. The maximum atomic E-state index is 5.29. The minimum atomic E-state index is 0.898. The number of hydrogen-bond donors (Lipinski definition) is 1. The number of aryl methyl sites for hydroxylation is 1. The molecule has 1 aromatic carbocycles. The van der Waals surface area contributed by atoms with Gasteiger partial charge >= 0.3 is 0 Å². The van der Waals surface area contributed by atoms with Crippen molar-refractivity contribution in [2.75, 3.05) is 7.11 Å². The summed E-state index contributed by atoms with van der Waals surface area (Å²) in [5, 5.41) is 3.33. The quantitative estimate of drug-likeness (QED) is 0.716. The van der Waals surface area contributed by atoms with Crippen molar-refractivity contribution in [2.45, 2.75) is 6.92 Å². The number of rotatable bonds is 2. The lowest BCUT2D eigenvalue weighted by molar-refractivity contribution is 0.415. The number of aromatic nitrogens is 1. The van der Waals surface area contributed by atoms with E-state index >= 15 is 0 Å². The molecule has 3 heteroatoms. The molecule has 86 valence electrons. The summed E-state index contributed by atoms with van der Waals surface area (Å²) < 4.78 is 5.29. The Labute approximate surface area is 104 Å². The first kappa shape index (κ1) is 10.4. The van der Waals surface area contributed by atoms with Crippen LogP contribution >= 0.6 is 11.3 Å². The minimum absolute atomic E-state index is 0.898. The van der Waals surface area contributed by atoms with Crippen LogP contribution in [0.25, 0.3) is 21.3 Å². The third kappa shape index (κ3) is 1.63. The summed E-state index contributed by atoms with van der Waals surface area (Å²) in [6.45, 7) is 2.11. The van der Waals surface area contributed by atoms with Gasteiger partial charge in [-0.25, -0.2) is 0 Å². The first-order valence-electron chi connectivity index (χ1n) is 5.50. The summed E-state index contributed by atoms with van der Waals surface area (Å²) in [6, 6.07) is 10.4. The van der Waals surface area contributed by atoms with Gasteiger partial charge in [0.15, 0.2) is 0 Å². The van der Waals surface area contributed by atoms with Crippen molar-refractivity contribution >= 4 is 22.2 Å². The Morgan fingerprint density at radius 3 is 2.82 bits per heavy atom. The Bertz CT molecular complexity index is 652. The minimum Gasteiger partial charge on any atom is -0.497 e. The van der Waals surface area contributed by atoms with Crippen LogP contribution in [0, 0.1) is 6.92 Å². The predicted molar refractivity (Wildman–Crippen MR) is 72.9 cm³/mol. The zero-order valence-electron chi connectivity index (χ0n) is 9.78. The van der Waals surface area contributed by atoms with Crippen molar-refractivity contribution in [3.8, 4) is 16.2 Å². The highest BCUT2D eigenvalue weighted by Gasteiger charge is 2.11. The zero-order chi connectivity index (χ0) is 11.8. The van der Waals surface area contributed by atoms with Crippen LogP contribution in [0.2, 0.25) is 0 Å². The van der Waals surface area contributed by atoms with Gasteiger partial charge in [-0.3, -0.25) is 0 Å². The number of methoxy groups -OCH3 is 1. The SMILES string of the molecule is COc1ccc2[nH]c(C)c(-c3cccs3)c2c1. The average molecular weight is 243 g/mol. The molecular formula is C14H13NOS. The van der Waals surface area contributed by atoms with Crippen LogP contribution in [-0.4, -0.2) is 12.1 Å². The fourth-order valence-corrected chi connectivity index (χ4v) is 3.01. The van der Waals surface area contributed by atoms with Crippen LogP contribution in [0.5, 0.6) is 5.75 Å². The van der Waals surface area contributed by atoms with Gasteiger partial charge in [0.1, 0.15) is 5.75 Å². The highest BCUT2D eigenvalue weighted by molar-refractivity contribution is 7.13. The normalized spacial score (nSPS) is 10.9. The number of benzene rings is 1. The Morgan fingerprint density at radius 2 is 2.12 bits per heavy atom. The predicted octanol–water partition coefficient (Wildman–Crippen LogP) is 4.21. The van der Waals surface area contributed by atoms with Gasteiger partial charge in [-0.05, 0) is 36.6 Å². The maximum Gasteiger partial charge on any atom is 0.119 e. The standard InChI is InChI=1S/C14H13NOS/c1-9-14(13-4-3-7-17-13)11-8-10(16-2)5-6-12(11)15-9/h3-8,15H,1-2H3. The Morgan fingerprint density at radius 1 is 1.24 bits per heavy atom. The summed E-state index contributed by atoms with van der Waals surface area (Å²) in [5.74, 6) is 0.898. The van der Waals surface area contributed by atoms with E-state index in [-0.39, 0.29) is 0 Å². The average Bonchev–Trinajstić information content (AvgIpc) is 2.93. The number of nitrogens with one attached hydrogen (secondary N) is 1. The van der Waals surface area contributed by atoms with Gasteiger partial charge in [0.25, 0.3) is 0 Å². The second-order valence-electron chi connectivity index (χ2n) is 4.01. The van der Waals surface area contributed by atoms with E-state index in [0.29, 0.717) is 0 Å². The molecule has 0 fully saturated rings.